The lowest BCUT2D eigenvalue weighted by molar-refractivity contribution is 0.375. The lowest BCUT2D eigenvalue weighted by Gasteiger charge is -2.29. The summed E-state index contributed by atoms with van der Waals surface area (Å²) in [6, 6.07) is 3.95. The fourth-order valence-electron chi connectivity index (χ4n) is 2.35. The Kier molecular flexibility index (Phi) is 5.27. The SMILES string of the molecule is CCCNC(C)CC(C)(C)c1cc(F)ccc1F. The molecule has 102 valence electrons. The van der Waals surface area contributed by atoms with E-state index in [4.69, 9.17) is 0 Å². The third kappa shape index (κ3) is 4.05. The summed E-state index contributed by atoms with van der Waals surface area (Å²) < 4.78 is 27.0. The molecule has 0 aliphatic carbocycles. The highest BCUT2D eigenvalue weighted by Gasteiger charge is 2.26. The summed E-state index contributed by atoms with van der Waals surface area (Å²) in [5, 5.41) is 3.38. The van der Waals surface area contributed by atoms with Crippen molar-refractivity contribution in [1.82, 2.24) is 5.32 Å². The fraction of sp³-hybridized carbons (Fsp3) is 0.600. The summed E-state index contributed by atoms with van der Waals surface area (Å²) >= 11 is 0. The molecule has 1 aromatic carbocycles. The molecule has 0 bridgehead atoms. The highest BCUT2D eigenvalue weighted by atomic mass is 19.1. The van der Waals surface area contributed by atoms with Crippen LogP contribution < -0.4 is 5.32 Å². The van der Waals surface area contributed by atoms with Crippen LogP contribution in [0.3, 0.4) is 0 Å². The molecule has 0 aromatic heterocycles. The lowest BCUT2D eigenvalue weighted by atomic mass is 9.79. The molecule has 0 saturated heterocycles. The van der Waals surface area contributed by atoms with Crippen LogP contribution in [0.25, 0.3) is 0 Å². The molecule has 0 amide bonds. The molecular formula is C15H23F2N. The van der Waals surface area contributed by atoms with Gasteiger partial charge >= 0.3 is 0 Å². The molecule has 1 nitrogen and oxygen atoms in total. The second kappa shape index (κ2) is 6.28. The lowest BCUT2D eigenvalue weighted by Crippen LogP contribution is -2.34. The van der Waals surface area contributed by atoms with E-state index >= 15 is 0 Å². The van der Waals surface area contributed by atoms with Crippen molar-refractivity contribution in [2.24, 2.45) is 0 Å². The Morgan fingerprint density at radius 3 is 2.56 bits per heavy atom. The number of benzene rings is 1. The van der Waals surface area contributed by atoms with Crippen LogP contribution in [0.4, 0.5) is 8.78 Å². The third-order valence-electron chi connectivity index (χ3n) is 3.22. The van der Waals surface area contributed by atoms with Gasteiger partial charge in [-0.3, -0.25) is 0 Å². The molecule has 18 heavy (non-hydrogen) atoms. The highest BCUT2D eigenvalue weighted by Crippen LogP contribution is 2.30. The van der Waals surface area contributed by atoms with E-state index in [2.05, 4.69) is 19.2 Å². The quantitative estimate of drug-likeness (QED) is 0.809. The zero-order valence-corrected chi connectivity index (χ0v) is 11.7. The predicted molar refractivity (Wildman–Crippen MR) is 71.8 cm³/mol. The Morgan fingerprint density at radius 1 is 1.28 bits per heavy atom. The van der Waals surface area contributed by atoms with Crippen molar-refractivity contribution >= 4 is 0 Å². The largest absolute Gasteiger partial charge is 0.314 e. The Hall–Kier alpha value is -0.960. The first-order valence-corrected chi connectivity index (χ1v) is 6.55. The maximum Gasteiger partial charge on any atom is 0.127 e. The smallest absolute Gasteiger partial charge is 0.127 e. The first kappa shape index (κ1) is 15.1. The Labute approximate surface area is 109 Å². The van der Waals surface area contributed by atoms with Gasteiger partial charge in [0.05, 0.1) is 0 Å². The van der Waals surface area contributed by atoms with E-state index in [0.29, 0.717) is 5.56 Å². The van der Waals surface area contributed by atoms with Crippen molar-refractivity contribution in [2.75, 3.05) is 6.54 Å². The molecule has 0 fully saturated rings. The predicted octanol–water partition coefficient (Wildman–Crippen LogP) is 4.02. The summed E-state index contributed by atoms with van der Waals surface area (Å²) in [7, 11) is 0. The minimum atomic E-state index is -0.383. The second-order valence-electron chi connectivity index (χ2n) is 5.57. The van der Waals surface area contributed by atoms with E-state index in [-0.39, 0.29) is 23.1 Å². The zero-order chi connectivity index (χ0) is 13.8. The first-order valence-electron chi connectivity index (χ1n) is 6.55. The zero-order valence-electron chi connectivity index (χ0n) is 11.7. The number of nitrogens with one attached hydrogen (secondary N) is 1. The number of rotatable bonds is 6. The Bertz CT molecular complexity index is 388. The van der Waals surface area contributed by atoms with Crippen LogP contribution in [-0.2, 0) is 5.41 Å². The van der Waals surface area contributed by atoms with Gasteiger partial charge in [0.1, 0.15) is 11.6 Å². The third-order valence-corrected chi connectivity index (χ3v) is 3.22. The van der Waals surface area contributed by atoms with Gasteiger partial charge in [-0.15, -0.1) is 0 Å². The van der Waals surface area contributed by atoms with Crippen LogP contribution in [0.15, 0.2) is 18.2 Å². The molecule has 0 spiro atoms. The molecule has 0 radical (unpaired) electrons. The molecule has 1 rings (SSSR count). The van der Waals surface area contributed by atoms with Gasteiger partial charge in [-0.05, 0) is 55.5 Å². The van der Waals surface area contributed by atoms with Gasteiger partial charge in [-0.1, -0.05) is 20.8 Å². The van der Waals surface area contributed by atoms with Gasteiger partial charge in [0.2, 0.25) is 0 Å². The van der Waals surface area contributed by atoms with Crippen molar-refractivity contribution in [3.8, 4) is 0 Å². The molecule has 1 unspecified atom stereocenters. The van der Waals surface area contributed by atoms with Gasteiger partial charge in [-0.2, -0.15) is 0 Å². The normalized spacial score (nSPS) is 13.7. The van der Waals surface area contributed by atoms with Gasteiger partial charge in [-0.25, -0.2) is 8.78 Å². The standard InChI is InChI=1S/C15H23F2N/c1-5-8-18-11(2)10-15(3,4)13-9-12(16)6-7-14(13)17/h6-7,9,11,18H,5,8,10H2,1-4H3. The van der Waals surface area contributed by atoms with E-state index in [0.717, 1.165) is 25.5 Å². The van der Waals surface area contributed by atoms with E-state index in [9.17, 15) is 8.78 Å². The Morgan fingerprint density at radius 2 is 1.94 bits per heavy atom. The molecule has 1 aromatic rings. The minimum absolute atomic E-state index is 0.280. The van der Waals surface area contributed by atoms with Gasteiger partial charge in [0, 0.05) is 6.04 Å². The minimum Gasteiger partial charge on any atom is -0.314 e. The molecule has 1 N–H and O–H groups in total. The van der Waals surface area contributed by atoms with Gasteiger partial charge in [0.15, 0.2) is 0 Å². The maximum absolute atomic E-state index is 13.8. The van der Waals surface area contributed by atoms with Gasteiger partial charge in [0.25, 0.3) is 0 Å². The second-order valence-corrected chi connectivity index (χ2v) is 5.57. The van der Waals surface area contributed by atoms with Crippen molar-refractivity contribution in [3.63, 3.8) is 0 Å². The average molecular weight is 255 g/mol. The summed E-state index contributed by atoms with van der Waals surface area (Å²) in [6.45, 7) is 9.04. The average Bonchev–Trinajstić information content (AvgIpc) is 2.29. The molecule has 3 heteroatoms. The van der Waals surface area contributed by atoms with Crippen molar-refractivity contribution in [2.45, 2.75) is 52.0 Å². The van der Waals surface area contributed by atoms with Crippen LogP contribution in [0.2, 0.25) is 0 Å². The Balaban J connectivity index is 2.81. The van der Waals surface area contributed by atoms with Crippen LogP contribution in [0, 0.1) is 11.6 Å². The number of hydrogen-bond donors (Lipinski definition) is 1. The summed E-state index contributed by atoms with van der Waals surface area (Å²) in [4.78, 5) is 0. The van der Waals surface area contributed by atoms with Crippen LogP contribution in [0.5, 0.6) is 0 Å². The number of hydrogen-bond acceptors (Lipinski definition) is 1. The van der Waals surface area contributed by atoms with E-state index in [1.807, 2.05) is 13.8 Å². The van der Waals surface area contributed by atoms with E-state index in [1.54, 1.807) is 0 Å². The van der Waals surface area contributed by atoms with E-state index in [1.165, 1.54) is 12.1 Å². The molecule has 0 heterocycles. The molecule has 1 atom stereocenters. The topological polar surface area (TPSA) is 12.0 Å². The summed E-state index contributed by atoms with van der Waals surface area (Å²) in [5.41, 5.74) is 0.0689. The summed E-state index contributed by atoms with van der Waals surface area (Å²) in [6.07, 6.45) is 1.84. The molecule has 0 saturated carbocycles. The summed E-state index contributed by atoms with van der Waals surface area (Å²) in [5.74, 6) is -0.710. The maximum atomic E-state index is 13.8. The van der Waals surface area contributed by atoms with Crippen molar-refractivity contribution < 1.29 is 8.78 Å². The first-order chi connectivity index (χ1) is 8.36. The van der Waals surface area contributed by atoms with Crippen LogP contribution in [0.1, 0.15) is 46.1 Å². The van der Waals surface area contributed by atoms with Crippen LogP contribution >= 0.6 is 0 Å². The van der Waals surface area contributed by atoms with Crippen molar-refractivity contribution in [1.29, 1.82) is 0 Å². The molecule has 0 aliphatic heterocycles. The van der Waals surface area contributed by atoms with Gasteiger partial charge < -0.3 is 5.32 Å². The monoisotopic (exact) mass is 255 g/mol. The van der Waals surface area contributed by atoms with E-state index < -0.39 is 0 Å². The van der Waals surface area contributed by atoms with Crippen molar-refractivity contribution in [3.05, 3.63) is 35.4 Å². The fourth-order valence-corrected chi connectivity index (χ4v) is 2.35. The molecule has 0 aliphatic rings. The van der Waals surface area contributed by atoms with Crippen LogP contribution in [-0.4, -0.2) is 12.6 Å². The highest BCUT2D eigenvalue weighted by molar-refractivity contribution is 5.26. The number of halogens is 2. The molecular weight excluding hydrogens is 232 g/mol.